The molecule has 4 aromatic carbocycles. The lowest BCUT2D eigenvalue weighted by molar-refractivity contribution is 0.0588. The third-order valence-electron chi connectivity index (χ3n) is 24.4. The van der Waals surface area contributed by atoms with Crippen LogP contribution in [0.25, 0.3) is 10.8 Å². The number of amides is 6. The molecule has 0 aliphatic carbocycles. The maximum absolute atomic E-state index is 14.7. The predicted molar refractivity (Wildman–Crippen MR) is 496 cm³/mol. The molecule has 0 bridgehead atoms. The van der Waals surface area contributed by atoms with Gasteiger partial charge in [0.2, 0.25) is 11.5 Å². The molecule has 0 saturated carbocycles. The van der Waals surface area contributed by atoms with Gasteiger partial charge in [-0.15, -0.1) is 0 Å². The number of hydrogen-bond acceptors (Lipinski definition) is 12. The van der Waals surface area contributed by atoms with Gasteiger partial charge in [-0.3, -0.25) is 38.6 Å². The van der Waals surface area contributed by atoms with Crippen molar-refractivity contribution in [2.75, 3.05) is 65.8 Å². The molecule has 16 heteroatoms. The molecule has 2 aliphatic heterocycles. The third-order valence-corrected chi connectivity index (χ3v) is 24.4. The molecule has 0 unspecified atom stereocenters. The largest absolute Gasteiger partial charge is 0.490 e. The Balaban J connectivity index is 1.14. The van der Waals surface area contributed by atoms with E-state index in [1.807, 2.05) is 0 Å². The summed E-state index contributed by atoms with van der Waals surface area (Å²) in [5.74, 6) is -0.328. The number of unbranched alkanes of at least 4 members (excludes halogenated alkanes) is 54. The normalized spacial score (nSPS) is 12.5. The highest BCUT2D eigenvalue weighted by atomic mass is 16.5. The summed E-state index contributed by atoms with van der Waals surface area (Å²) in [6.45, 7) is 16.0. The molecule has 676 valence electrons. The molecule has 4 aromatic rings. The summed E-state index contributed by atoms with van der Waals surface area (Å²) < 4.78 is 39.8. The predicted octanol–water partition coefficient (Wildman–Crippen LogP) is 28.7. The molecule has 0 saturated heterocycles. The molecule has 2 heterocycles. The molecule has 6 amide bonds. The minimum absolute atomic E-state index is 0.0596. The summed E-state index contributed by atoms with van der Waals surface area (Å²) in [5.41, 5.74) is 1.33. The molecule has 0 spiro atoms. The van der Waals surface area contributed by atoms with Crippen LogP contribution in [0, 0.1) is 0 Å². The molecule has 0 aromatic heterocycles. The van der Waals surface area contributed by atoms with Gasteiger partial charge in [0, 0.05) is 70.3 Å². The van der Waals surface area contributed by atoms with Gasteiger partial charge in [-0.25, -0.2) is 0 Å². The van der Waals surface area contributed by atoms with Crippen LogP contribution in [0.3, 0.4) is 0 Å². The number of hydrogen-bond donors (Lipinski definition) is 2. The zero-order valence-corrected chi connectivity index (χ0v) is 76.9. The van der Waals surface area contributed by atoms with Crippen molar-refractivity contribution in [1.29, 1.82) is 0 Å². The third kappa shape index (κ3) is 39.3. The van der Waals surface area contributed by atoms with E-state index < -0.39 is 35.4 Å². The molecular weight excluding hydrogens is 1500 g/mol. The van der Waals surface area contributed by atoms with E-state index in [-0.39, 0.29) is 59.2 Å². The van der Waals surface area contributed by atoms with Crippen molar-refractivity contribution in [2.24, 2.45) is 0 Å². The lowest BCUT2D eigenvalue weighted by Gasteiger charge is -2.32. The molecule has 0 fully saturated rings. The van der Waals surface area contributed by atoms with Crippen molar-refractivity contribution in [3.63, 3.8) is 0 Å². The molecule has 0 radical (unpaired) electrons. The maximum Gasteiger partial charge on any atom is 0.261 e. The highest BCUT2D eigenvalue weighted by molar-refractivity contribution is 6.33. The fourth-order valence-corrected chi connectivity index (χ4v) is 16.9. The molecule has 0 atom stereocenters. The van der Waals surface area contributed by atoms with Crippen molar-refractivity contribution < 1.29 is 57.2 Å². The van der Waals surface area contributed by atoms with Gasteiger partial charge < -0.3 is 39.1 Å². The lowest BCUT2D eigenvalue weighted by Crippen LogP contribution is -2.46. The van der Waals surface area contributed by atoms with Gasteiger partial charge in [-0.2, -0.15) is 0 Å². The first-order valence-corrected chi connectivity index (χ1v) is 50.0. The van der Waals surface area contributed by atoms with Crippen LogP contribution >= 0.6 is 0 Å². The second-order valence-corrected chi connectivity index (χ2v) is 34.9. The Labute approximate surface area is 728 Å². The molecule has 16 nitrogen and oxygen atoms in total. The summed E-state index contributed by atoms with van der Waals surface area (Å²) >= 11 is 0. The average Bonchev–Trinajstić information content (AvgIpc) is 0.713. The van der Waals surface area contributed by atoms with Gasteiger partial charge >= 0.3 is 0 Å². The van der Waals surface area contributed by atoms with Crippen LogP contribution in [-0.2, 0) is 0 Å². The van der Waals surface area contributed by atoms with E-state index in [1.165, 1.54) is 270 Å². The Morgan fingerprint density at radius 2 is 0.408 bits per heavy atom. The first kappa shape index (κ1) is 102. The van der Waals surface area contributed by atoms with Crippen molar-refractivity contribution in [1.82, 2.24) is 20.4 Å². The highest BCUT2D eigenvalue weighted by Gasteiger charge is 2.40. The number of ether oxygens (including phenoxy) is 6. The Kier molecular flexibility index (Phi) is 55.9. The van der Waals surface area contributed by atoms with Crippen LogP contribution in [0.1, 0.15) is 489 Å². The second kappa shape index (κ2) is 65.8. The van der Waals surface area contributed by atoms with Gasteiger partial charge in [-0.05, 0) is 87.1 Å². The SMILES string of the molecule is CCCCCCCCCCCCOc1cc(C(=O)NCCN2C(=O)c3ccc4c5c(ccc(c35)C2=O)C(=O)N(CCNC(=O)c2cc(OCCCCCCCCCCCC)c(OCCCCCCCCCCCC)c(OCCCCCCCCCCCC)c2)C4=O)cc(OCCCCCCCCCCCC)c1OCCCCCCCCCCCC. The number of nitrogens with one attached hydrogen (secondary N) is 2. The number of nitrogens with zero attached hydrogens (tertiary/aromatic N) is 2. The topological polar surface area (TPSA) is 188 Å². The summed E-state index contributed by atoms with van der Waals surface area (Å²) in [6.07, 6.45) is 72.1. The molecule has 120 heavy (non-hydrogen) atoms. The fraction of sp³-hybridized carbons (Fsp3) is 0.731. The van der Waals surface area contributed by atoms with Crippen molar-refractivity contribution in [3.8, 4) is 34.5 Å². The van der Waals surface area contributed by atoms with Gasteiger partial charge in [0.15, 0.2) is 23.0 Å². The number of carbonyl (C=O) groups is 6. The van der Waals surface area contributed by atoms with Gasteiger partial charge in [0.05, 0.1) is 39.6 Å². The van der Waals surface area contributed by atoms with E-state index in [2.05, 4.69) is 52.2 Å². The van der Waals surface area contributed by atoms with Crippen LogP contribution in [0.2, 0.25) is 0 Å². The second-order valence-electron chi connectivity index (χ2n) is 34.9. The van der Waals surface area contributed by atoms with Crippen LogP contribution < -0.4 is 39.1 Å². The van der Waals surface area contributed by atoms with E-state index in [0.29, 0.717) is 85.3 Å². The number of rotatable bonds is 80. The maximum atomic E-state index is 14.7. The molecule has 2 N–H and O–H groups in total. The Bertz CT molecular complexity index is 3070. The molecule has 2 aliphatic rings. The zero-order valence-electron chi connectivity index (χ0n) is 76.9. The van der Waals surface area contributed by atoms with Crippen LogP contribution in [-0.4, -0.2) is 111 Å². The summed E-state index contributed by atoms with van der Waals surface area (Å²) in [4.78, 5) is 89.9. The van der Waals surface area contributed by atoms with Crippen LogP contribution in [0.4, 0.5) is 0 Å². The number of carbonyl (C=O) groups excluding carboxylic acids is 6. The van der Waals surface area contributed by atoms with Gasteiger partial charge in [-0.1, -0.05) is 388 Å². The lowest BCUT2D eigenvalue weighted by atomic mass is 9.86. The highest BCUT2D eigenvalue weighted by Crippen LogP contribution is 2.43. The Hall–Kier alpha value is -6.84. The van der Waals surface area contributed by atoms with Crippen LogP contribution in [0.15, 0.2) is 48.5 Å². The fourth-order valence-electron chi connectivity index (χ4n) is 16.9. The van der Waals surface area contributed by atoms with Crippen molar-refractivity contribution >= 4 is 46.2 Å². The summed E-state index contributed by atoms with van der Waals surface area (Å²) in [6, 6.07) is 13.1. The van der Waals surface area contributed by atoms with E-state index in [1.54, 1.807) is 48.5 Å². The number of benzene rings is 4. The average molecular weight is 1670 g/mol. The molecular formula is C104H168N4O12. The van der Waals surface area contributed by atoms with E-state index in [4.69, 9.17) is 28.4 Å². The first-order valence-electron chi connectivity index (χ1n) is 50.0. The van der Waals surface area contributed by atoms with E-state index in [9.17, 15) is 28.8 Å². The Morgan fingerprint density at radius 1 is 0.242 bits per heavy atom. The minimum Gasteiger partial charge on any atom is -0.490 e. The standard InChI is InChI=1S/C104H168N4O12/c1-7-13-19-25-31-37-43-49-55-61-75-115-91-81-85(82-92(116-76-62-56-50-44-38-32-26-20-14-8-2)97(91)119-79-65-59-53-47-41-35-29-23-17-11-5)99(109)105-71-73-107-101(111)87-67-69-89-96-90(70-68-88(95(87)96)102(107)112)104(114)108(103(89)113)74-72-106-100(110)86-83-93(117-77-63-57-51-45-39-33-27-21-15-9-3)98(120-80-66-60-54-48-42-36-30-24-18-12-6)94(84-86)118-78-64-58-52-46-40-34-28-22-16-10-4/h67-70,81-84H,7-66,71-80H2,1-6H3,(H,105,109)(H,106,110). The smallest absolute Gasteiger partial charge is 0.261 e. The van der Waals surface area contributed by atoms with E-state index in [0.717, 1.165) is 125 Å². The summed E-state index contributed by atoms with van der Waals surface area (Å²) in [7, 11) is 0. The van der Waals surface area contributed by atoms with Crippen molar-refractivity contribution in [3.05, 3.63) is 81.9 Å². The zero-order chi connectivity index (χ0) is 85.5. The number of imide groups is 2. The van der Waals surface area contributed by atoms with Crippen LogP contribution in [0.5, 0.6) is 34.5 Å². The first-order chi connectivity index (χ1) is 59.0. The summed E-state index contributed by atoms with van der Waals surface area (Å²) in [5, 5.41) is 6.50. The van der Waals surface area contributed by atoms with Gasteiger partial charge in [0.25, 0.3) is 35.4 Å². The monoisotopic (exact) mass is 1670 g/mol. The quantitative estimate of drug-likeness (QED) is 0.0315. The van der Waals surface area contributed by atoms with E-state index >= 15 is 0 Å². The molecule has 6 rings (SSSR count). The Morgan fingerprint density at radius 3 is 0.592 bits per heavy atom. The minimum atomic E-state index is -0.599. The van der Waals surface area contributed by atoms with Crippen molar-refractivity contribution in [2.45, 2.75) is 427 Å². The van der Waals surface area contributed by atoms with Gasteiger partial charge in [0.1, 0.15) is 0 Å².